The average molecular weight is 587 g/mol. The number of carbonyl (C=O) groups excluding carboxylic acids is 2. The van der Waals surface area contributed by atoms with Gasteiger partial charge in [-0.15, -0.1) is 0 Å². The molecule has 236 valence electrons. The SMILES string of the molecule is COC1CC2C(C)(CCC(OC(C)=O)C2(C)C)C2=C1C1(C)CCC(C(C)C(CC=C(C)C(=O)O)OC(C)=O)C1(C)CC2. The van der Waals surface area contributed by atoms with E-state index in [4.69, 9.17) is 14.2 Å². The van der Waals surface area contributed by atoms with Crippen LogP contribution in [0.3, 0.4) is 0 Å². The van der Waals surface area contributed by atoms with E-state index in [2.05, 4.69) is 41.5 Å². The van der Waals surface area contributed by atoms with Crippen LogP contribution in [0.5, 0.6) is 0 Å². The normalized spacial score (nSPS) is 39.0. The number of fused-ring (bicyclic) bond motifs is 4. The van der Waals surface area contributed by atoms with E-state index < -0.39 is 5.97 Å². The monoisotopic (exact) mass is 586 g/mol. The highest BCUT2D eigenvalue weighted by Gasteiger charge is 2.66. The number of carboxylic acids is 1. The molecule has 9 unspecified atom stereocenters. The minimum Gasteiger partial charge on any atom is -0.478 e. The fraction of sp³-hybridized carbons (Fsp3) is 0.800. The zero-order valence-corrected chi connectivity index (χ0v) is 27.6. The van der Waals surface area contributed by atoms with Gasteiger partial charge in [0.25, 0.3) is 0 Å². The minimum atomic E-state index is -0.948. The summed E-state index contributed by atoms with van der Waals surface area (Å²) in [6.07, 6.45) is 8.58. The second-order valence-electron chi connectivity index (χ2n) is 15.1. The van der Waals surface area contributed by atoms with Gasteiger partial charge >= 0.3 is 17.9 Å². The van der Waals surface area contributed by atoms with E-state index in [0.29, 0.717) is 18.3 Å². The number of carboxylic acid groups (broad SMARTS) is 1. The lowest BCUT2D eigenvalue weighted by atomic mass is 9.42. The molecule has 0 radical (unpaired) electrons. The summed E-state index contributed by atoms with van der Waals surface area (Å²) in [4.78, 5) is 35.6. The Kier molecular flexibility index (Phi) is 8.90. The van der Waals surface area contributed by atoms with Gasteiger partial charge in [-0.1, -0.05) is 53.2 Å². The van der Waals surface area contributed by atoms with Gasteiger partial charge in [-0.25, -0.2) is 4.79 Å². The number of ether oxygens (including phenoxy) is 3. The predicted octanol–water partition coefficient (Wildman–Crippen LogP) is 7.28. The van der Waals surface area contributed by atoms with Gasteiger partial charge in [-0.2, -0.15) is 0 Å². The molecule has 4 rings (SSSR count). The lowest BCUT2D eigenvalue weighted by Gasteiger charge is -2.63. The third-order valence-corrected chi connectivity index (χ3v) is 12.9. The summed E-state index contributed by atoms with van der Waals surface area (Å²) < 4.78 is 18.1. The van der Waals surface area contributed by atoms with E-state index in [0.717, 1.165) is 44.9 Å². The first-order chi connectivity index (χ1) is 19.4. The van der Waals surface area contributed by atoms with Crippen molar-refractivity contribution in [2.24, 2.45) is 39.4 Å². The van der Waals surface area contributed by atoms with Crippen molar-refractivity contribution in [3.05, 3.63) is 22.8 Å². The molecule has 0 aromatic carbocycles. The van der Waals surface area contributed by atoms with Crippen molar-refractivity contribution in [2.45, 2.75) is 132 Å². The topological polar surface area (TPSA) is 99.1 Å². The molecule has 2 saturated carbocycles. The molecule has 0 bridgehead atoms. The quantitative estimate of drug-likeness (QED) is 0.181. The second kappa shape index (κ2) is 11.4. The highest BCUT2D eigenvalue weighted by atomic mass is 16.5. The predicted molar refractivity (Wildman–Crippen MR) is 162 cm³/mol. The van der Waals surface area contributed by atoms with Crippen molar-refractivity contribution in [1.82, 2.24) is 0 Å². The van der Waals surface area contributed by atoms with Gasteiger partial charge in [0.15, 0.2) is 0 Å². The van der Waals surface area contributed by atoms with Crippen molar-refractivity contribution < 1.29 is 33.7 Å². The summed E-state index contributed by atoms with van der Waals surface area (Å²) in [6, 6.07) is 0. The van der Waals surface area contributed by atoms with Crippen LogP contribution in [-0.4, -0.2) is 48.4 Å². The van der Waals surface area contributed by atoms with Crippen LogP contribution in [-0.2, 0) is 28.6 Å². The Labute approximate surface area is 252 Å². The van der Waals surface area contributed by atoms with Crippen LogP contribution in [0.4, 0.5) is 0 Å². The summed E-state index contributed by atoms with van der Waals surface area (Å²) in [5, 5.41) is 9.39. The summed E-state index contributed by atoms with van der Waals surface area (Å²) in [5.41, 5.74) is 3.13. The van der Waals surface area contributed by atoms with E-state index in [9.17, 15) is 19.5 Å². The van der Waals surface area contributed by atoms with E-state index in [1.54, 1.807) is 18.6 Å². The molecule has 0 amide bonds. The molecule has 4 aliphatic carbocycles. The van der Waals surface area contributed by atoms with Crippen LogP contribution < -0.4 is 0 Å². The maximum absolute atomic E-state index is 12.1. The molecule has 1 N–H and O–H groups in total. The molecule has 4 aliphatic rings. The van der Waals surface area contributed by atoms with Crippen molar-refractivity contribution in [1.29, 1.82) is 0 Å². The van der Waals surface area contributed by atoms with Crippen molar-refractivity contribution in [3.8, 4) is 0 Å². The first kappa shape index (κ1) is 32.8. The Hall–Kier alpha value is -2.15. The number of rotatable bonds is 8. The van der Waals surface area contributed by atoms with Crippen LogP contribution in [0.25, 0.3) is 0 Å². The molecular formula is C35H54O7. The maximum Gasteiger partial charge on any atom is 0.330 e. The summed E-state index contributed by atoms with van der Waals surface area (Å²) in [7, 11) is 1.84. The van der Waals surface area contributed by atoms with Gasteiger partial charge in [0.05, 0.1) is 6.10 Å². The molecule has 0 aromatic heterocycles. The number of esters is 2. The fourth-order valence-corrected chi connectivity index (χ4v) is 10.3. The van der Waals surface area contributed by atoms with Crippen LogP contribution in [0.15, 0.2) is 22.8 Å². The molecule has 9 atom stereocenters. The highest BCUT2D eigenvalue weighted by molar-refractivity contribution is 5.85. The molecular weight excluding hydrogens is 532 g/mol. The molecule has 0 saturated heterocycles. The number of allylic oxidation sites excluding steroid dienone is 1. The van der Waals surface area contributed by atoms with Gasteiger partial charge in [0.1, 0.15) is 12.2 Å². The van der Waals surface area contributed by atoms with Crippen molar-refractivity contribution in [3.63, 3.8) is 0 Å². The first-order valence-corrected chi connectivity index (χ1v) is 15.9. The Morgan fingerprint density at radius 2 is 1.67 bits per heavy atom. The molecule has 42 heavy (non-hydrogen) atoms. The third kappa shape index (κ3) is 5.16. The zero-order chi connectivity index (χ0) is 31.4. The molecule has 0 heterocycles. The van der Waals surface area contributed by atoms with Crippen molar-refractivity contribution >= 4 is 17.9 Å². The van der Waals surface area contributed by atoms with E-state index in [-0.39, 0.29) is 63.4 Å². The van der Waals surface area contributed by atoms with Crippen molar-refractivity contribution in [2.75, 3.05) is 7.11 Å². The van der Waals surface area contributed by atoms with Crippen LogP contribution in [0, 0.1) is 39.4 Å². The number of hydrogen-bond acceptors (Lipinski definition) is 6. The Balaban J connectivity index is 1.72. The standard InChI is InChI=1S/C35H54O7/c1-20(31(38)39)11-12-26(41-22(3)36)21(2)24-13-18-35(9)30-25(14-17-34(24,35)8)33(7)16-15-29(42-23(4)37)32(5,6)28(33)19-27(30)40-10/h11,21,24,26-29H,12-19H2,1-10H3,(H,38,39). The smallest absolute Gasteiger partial charge is 0.330 e. The zero-order valence-electron chi connectivity index (χ0n) is 27.6. The first-order valence-electron chi connectivity index (χ1n) is 15.9. The average Bonchev–Trinajstić information content (AvgIpc) is 3.18. The van der Waals surface area contributed by atoms with Crippen LogP contribution in [0.1, 0.15) is 114 Å². The molecule has 0 aliphatic heterocycles. The van der Waals surface area contributed by atoms with E-state index in [1.165, 1.54) is 19.4 Å². The van der Waals surface area contributed by atoms with Gasteiger partial charge < -0.3 is 19.3 Å². The molecule has 2 fully saturated rings. The Morgan fingerprint density at radius 3 is 2.24 bits per heavy atom. The van der Waals surface area contributed by atoms with E-state index >= 15 is 0 Å². The molecule has 7 nitrogen and oxygen atoms in total. The fourth-order valence-electron chi connectivity index (χ4n) is 10.3. The third-order valence-electron chi connectivity index (χ3n) is 12.9. The van der Waals surface area contributed by atoms with Crippen LogP contribution >= 0.6 is 0 Å². The Morgan fingerprint density at radius 1 is 1.00 bits per heavy atom. The van der Waals surface area contributed by atoms with Gasteiger partial charge in [0.2, 0.25) is 0 Å². The largest absolute Gasteiger partial charge is 0.478 e. The summed E-state index contributed by atoms with van der Waals surface area (Å²) in [6.45, 7) is 18.6. The minimum absolute atomic E-state index is 0.0116. The lowest BCUT2D eigenvalue weighted by molar-refractivity contribution is -0.170. The van der Waals surface area contributed by atoms with Gasteiger partial charge in [0, 0.05) is 38.4 Å². The molecule has 0 aromatic rings. The number of carbonyl (C=O) groups is 3. The number of aliphatic carboxylic acids is 1. The maximum atomic E-state index is 12.1. The number of hydrogen-bond donors (Lipinski definition) is 1. The number of methoxy groups -OCH3 is 1. The van der Waals surface area contributed by atoms with Gasteiger partial charge in [-0.3, -0.25) is 9.59 Å². The summed E-state index contributed by atoms with van der Waals surface area (Å²) in [5.74, 6) is -0.746. The van der Waals surface area contributed by atoms with Gasteiger partial charge in [-0.05, 0) is 91.4 Å². The van der Waals surface area contributed by atoms with E-state index in [1.807, 2.05) is 7.11 Å². The highest BCUT2D eigenvalue weighted by Crippen LogP contribution is 2.73. The lowest BCUT2D eigenvalue weighted by Crippen LogP contribution is -2.58. The molecule has 0 spiro atoms. The second-order valence-corrected chi connectivity index (χ2v) is 15.1. The molecule has 7 heteroatoms. The Bertz CT molecular complexity index is 1170. The summed E-state index contributed by atoms with van der Waals surface area (Å²) >= 11 is 0. The van der Waals surface area contributed by atoms with Crippen LogP contribution in [0.2, 0.25) is 0 Å².